The van der Waals surface area contributed by atoms with Crippen LogP contribution in [0.4, 0.5) is 0 Å². The highest BCUT2D eigenvalue weighted by molar-refractivity contribution is 7.89. The van der Waals surface area contributed by atoms with Gasteiger partial charge in [0.05, 0.1) is 4.90 Å². The lowest BCUT2D eigenvalue weighted by Gasteiger charge is -2.14. The number of hydroxylamine groups is 1. The molecule has 1 rings (SSSR count). The van der Waals surface area contributed by atoms with Crippen molar-refractivity contribution in [1.82, 2.24) is 4.47 Å². The quantitative estimate of drug-likeness (QED) is 0.426. The van der Waals surface area contributed by atoms with Gasteiger partial charge in [0.1, 0.15) is 6.26 Å². The maximum Gasteiger partial charge on any atom is 0.297 e. The summed E-state index contributed by atoms with van der Waals surface area (Å²) in [4.78, 5) is 14.9. The van der Waals surface area contributed by atoms with Gasteiger partial charge in [0.2, 0.25) is 0 Å². The molecule has 6 heteroatoms. The van der Waals surface area contributed by atoms with E-state index in [1.165, 1.54) is 12.1 Å². The molecule has 0 spiro atoms. The molecule has 0 unspecified atom stereocenters. The molecule has 0 saturated heterocycles. The maximum atomic E-state index is 11.7. The molecule has 0 aliphatic rings. The molecule has 0 heterocycles. The van der Waals surface area contributed by atoms with Crippen LogP contribution >= 0.6 is 0 Å². The second-order valence-corrected chi connectivity index (χ2v) is 4.23. The number of carbonyl (C=O) groups is 1. The first-order valence-electron chi connectivity index (χ1n) is 3.95. The molecule has 0 N–H and O–H groups in total. The zero-order valence-corrected chi connectivity index (χ0v) is 8.55. The van der Waals surface area contributed by atoms with Crippen LogP contribution in [0.2, 0.25) is 0 Å². The summed E-state index contributed by atoms with van der Waals surface area (Å²) in [5.41, 5.74) is 0. The molecule has 0 radical (unpaired) electrons. The topological polar surface area (TPSA) is 63.7 Å². The summed E-state index contributed by atoms with van der Waals surface area (Å²) >= 11 is 0. The zero-order chi connectivity index (χ0) is 11.3. The Bertz CT molecular complexity index is 440. The highest BCUT2D eigenvalue weighted by Gasteiger charge is 2.23. The molecule has 15 heavy (non-hydrogen) atoms. The minimum atomic E-state index is -3.94. The predicted molar refractivity (Wildman–Crippen MR) is 52.8 cm³/mol. The fourth-order valence-corrected chi connectivity index (χ4v) is 1.90. The number of hydrogen-bond donors (Lipinski definition) is 0. The molecule has 0 aliphatic carbocycles. The van der Waals surface area contributed by atoms with E-state index in [0.717, 1.165) is 6.26 Å². The number of rotatable bonds is 5. The van der Waals surface area contributed by atoms with Crippen LogP contribution in [0.1, 0.15) is 0 Å². The van der Waals surface area contributed by atoms with E-state index in [-0.39, 0.29) is 15.8 Å². The van der Waals surface area contributed by atoms with E-state index in [0.29, 0.717) is 0 Å². The van der Waals surface area contributed by atoms with Crippen LogP contribution in [0.5, 0.6) is 0 Å². The van der Waals surface area contributed by atoms with Crippen molar-refractivity contribution >= 4 is 16.4 Å². The van der Waals surface area contributed by atoms with Crippen LogP contribution in [-0.2, 0) is 19.7 Å². The van der Waals surface area contributed by atoms with Gasteiger partial charge in [-0.25, -0.2) is 0 Å². The summed E-state index contributed by atoms with van der Waals surface area (Å²) in [6, 6.07) is 7.47. The van der Waals surface area contributed by atoms with Gasteiger partial charge in [0, 0.05) is 0 Å². The largest absolute Gasteiger partial charge is 0.370 e. The summed E-state index contributed by atoms with van der Waals surface area (Å²) in [7, 11) is -3.94. The first-order chi connectivity index (χ1) is 7.12. The zero-order valence-electron chi connectivity index (χ0n) is 7.74. The fourth-order valence-electron chi connectivity index (χ4n) is 0.908. The number of sulfonamides is 1. The first kappa shape index (κ1) is 11.3. The molecule has 1 amide bonds. The minimum absolute atomic E-state index is 0.0287. The van der Waals surface area contributed by atoms with Crippen molar-refractivity contribution in [2.45, 2.75) is 4.90 Å². The van der Waals surface area contributed by atoms with E-state index in [4.69, 9.17) is 0 Å². The Morgan fingerprint density at radius 2 is 1.87 bits per heavy atom. The van der Waals surface area contributed by atoms with E-state index in [2.05, 4.69) is 11.4 Å². The normalized spacial score (nSPS) is 10.4. The Balaban J connectivity index is 3.12. The molecule has 0 atom stereocenters. The van der Waals surface area contributed by atoms with Crippen molar-refractivity contribution < 1.29 is 18.0 Å². The SMILES string of the molecule is C=CON(C=O)S(=O)(=O)c1ccccc1. The third-order valence-corrected chi connectivity index (χ3v) is 3.06. The van der Waals surface area contributed by atoms with Crippen molar-refractivity contribution in [3.05, 3.63) is 43.2 Å². The van der Waals surface area contributed by atoms with Crippen LogP contribution in [0.3, 0.4) is 0 Å². The summed E-state index contributed by atoms with van der Waals surface area (Å²) in [6.45, 7) is 3.17. The smallest absolute Gasteiger partial charge is 0.297 e. The van der Waals surface area contributed by atoms with Gasteiger partial charge in [0.25, 0.3) is 16.4 Å². The standard InChI is InChI=1S/C9H9NO4S/c1-2-14-10(8-11)15(12,13)9-6-4-3-5-7-9/h2-8H,1H2. The van der Waals surface area contributed by atoms with Crippen LogP contribution in [0, 0.1) is 0 Å². The lowest BCUT2D eigenvalue weighted by Crippen LogP contribution is -2.28. The van der Waals surface area contributed by atoms with Crippen molar-refractivity contribution in [3.63, 3.8) is 0 Å². The van der Waals surface area contributed by atoms with E-state index >= 15 is 0 Å². The number of benzene rings is 1. The van der Waals surface area contributed by atoms with Gasteiger partial charge in [-0.2, -0.15) is 8.42 Å². The average molecular weight is 227 g/mol. The summed E-state index contributed by atoms with van der Waals surface area (Å²) in [6.07, 6.45) is 0.916. The molecule has 0 aliphatic heterocycles. The van der Waals surface area contributed by atoms with E-state index < -0.39 is 10.0 Å². The van der Waals surface area contributed by atoms with Crippen LogP contribution in [0.15, 0.2) is 48.1 Å². The van der Waals surface area contributed by atoms with Crippen molar-refractivity contribution in [2.24, 2.45) is 0 Å². The Labute approximate surface area is 87.6 Å². The Kier molecular flexibility index (Phi) is 3.46. The molecule has 80 valence electrons. The Morgan fingerprint density at radius 3 is 2.33 bits per heavy atom. The molecular weight excluding hydrogens is 218 g/mol. The van der Waals surface area contributed by atoms with E-state index in [1.54, 1.807) is 18.2 Å². The van der Waals surface area contributed by atoms with Gasteiger partial charge in [-0.15, -0.1) is 0 Å². The van der Waals surface area contributed by atoms with Crippen molar-refractivity contribution in [2.75, 3.05) is 0 Å². The summed E-state index contributed by atoms with van der Waals surface area (Å²) in [5.74, 6) is 0. The Morgan fingerprint density at radius 1 is 1.27 bits per heavy atom. The van der Waals surface area contributed by atoms with Crippen molar-refractivity contribution in [3.8, 4) is 0 Å². The van der Waals surface area contributed by atoms with Gasteiger partial charge in [-0.1, -0.05) is 29.2 Å². The maximum absolute atomic E-state index is 11.7. The number of hydrogen-bond acceptors (Lipinski definition) is 4. The number of amides is 1. The molecule has 0 bridgehead atoms. The number of nitrogens with zero attached hydrogens (tertiary/aromatic N) is 1. The molecule has 0 saturated carbocycles. The van der Waals surface area contributed by atoms with Gasteiger partial charge >= 0.3 is 0 Å². The molecule has 1 aromatic rings. The highest BCUT2D eigenvalue weighted by atomic mass is 32.2. The molecule has 5 nitrogen and oxygen atoms in total. The molecule has 1 aromatic carbocycles. The molecule has 0 aromatic heterocycles. The minimum Gasteiger partial charge on any atom is -0.370 e. The third kappa shape index (κ3) is 2.35. The van der Waals surface area contributed by atoms with Crippen molar-refractivity contribution in [1.29, 1.82) is 0 Å². The third-order valence-electron chi connectivity index (χ3n) is 1.54. The van der Waals surface area contributed by atoms with Gasteiger partial charge in [0.15, 0.2) is 0 Å². The van der Waals surface area contributed by atoms with Crippen LogP contribution in [0.25, 0.3) is 0 Å². The molecular formula is C9H9NO4S. The second kappa shape index (κ2) is 4.61. The van der Waals surface area contributed by atoms with E-state index in [1.807, 2.05) is 0 Å². The molecule has 0 fully saturated rings. The van der Waals surface area contributed by atoms with Gasteiger partial charge in [-0.3, -0.25) is 4.79 Å². The lowest BCUT2D eigenvalue weighted by atomic mass is 10.4. The Hall–Kier alpha value is -1.82. The summed E-state index contributed by atoms with van der Waals surface area (Å²) in [5, 5.41) is 0. The van der Waals surface area contributed by atoms with Crippen LogP contribution < -0.4 is 0 Å². The monoisotopic (exact) mass is 227 g/mol. The summed E-state index contributed by atoms with van der Waals surface area (Å²) < 4.78 is 23.6. The lowest BCUT2D eigenvalue weighted by molar-refractivity contribution is -0.132. The highest BCUT2D eigenvalue weighted by Crippen LogP contribution is 2.13. The van der Waals surface area contributed by atoms with Gasteiger partial charge in [-0.05, 0) is 12.1 Å². The predicted octanol–water partition coefficient (Wildman–Crippen LogP) is 0.909. The fraction of sp³-hybridized carbons (Fsp3) is 0. The second-order valence-electron chi connectivity index (χ2n) is 2.45. The number of carbonyl (C=O) groups excluding carboxylic acids is 1. The van der Waals surface area contributed by atoms with Gasteiger partial charge < -0.3 is 4.84 Å². The average Bonchev–Trinajstić information content (AvgIpc) is 2.27. The van der Waals surface area contributed by atoms with E-state index in [9.17, 15) is 13.2 Å². The van der Waals surface area contributed by atoms with Crippen LogP contribution in [-0.4, -0.2) is 19.3 Å². The first-order valence-corrected chi connectivity index (χ1v) is 5.39.